The number of likely N-dealkylation sites (tertiary alicyclic amines) is 1. The first kappa shape index (κ1) is 27.4. The number of aromatic nitrogens is 4. The lowest BCUT2D eigenvalue weighted by atomic mass is 10.0. The van der Waals surface area contributed by atoms with Crippen molar-refractivity contribution in [3.63, 3.8) is 0 Å². The number of piperazine rings is 1. The smallest absolute Gasteiger partial charge is 0.414 e. The normalized spacial score (nSPS) is 27.2. The molecule has 13 heteroatoms. The molecule has 3 saturated heterocycles. The minimum Gasteiger partial charge on any atom is -0.442 e. The number of halogens is 1. The lowest BCUT2D eigenvalue weighted by molar-refractivity contribution is -0.132. The molecule has 0 spiro atoms. The number of pyridine rings is 1. The first-order chi connectivity index (χ1) is 20.9. The summed E-state index contributed by atoms with van der Waals surface area (Å²) in [4.78, 5) is 41.8. The largest absolute Gasteiger partial charge is 0.442 e. The predicted octanol–water partition coefficient (Wildman–Crippen LogP) is 1.95. The summed E-state index contributed by atoms with van der Waals surface area (Å²) in [6.45, 7) is 13.9. The molecule has 4 atom stereocenters. The van der Waals surface area contributed by atoms with E-state index in [9.17, 15) is 9.59 Å². The van der Waals surface area contributed by atoms with Crippen LogP contribution < -0.4 is 4.90 Å². The SMILES string of the molecule is [C-]#[N+]C1(c2ccc(-c3ccc(N4C[C@H](Cn5ccnn5)OC4=O)cc3F)cn2)[C@@H]2CN(C(=O)CN3CCN(C)CC3)C[C@@H]21. The highest BCUT2D eigenvalue weighted by molar-refractivity contribution is 5.90. The van der Waals surface area contributed by atoms with Gasteiger partial charge in [-0.3, -0.25) is 19.6 Å². The van der Waals surface area contributed by atoms with Crippen molar-refractivity contribution in [2.45, 2.75) is 18.2 Å². The van der Waals surface area contributed by atoms with Gasteiger partial charge in [-0.05, 0) is 31.3 Å². The van der Waals surface area contributed by atoms with Crippen molar-refractivity contribution in [3.05, 3.63) is 71.9 Å². The number of likely N-dealkylation sites (N-methyl/N-ethyl adjacent to an activating group) is 1. The molecule has 7 rings (SSSR count). The molecule has 222 valence electrons. The average Bonchev–Trinajstić information content (AvgIpc) is 3.51. The number of amides is 2. The van der Waals surface area contributed by atoms with Crippen LogP contribution in [0.2, 0.25) is 0 Å². The average molecular weight is 586 g/mol. The van der Waals surface area contributed by atoms with Crippen LogP contribution >= 0.6 is 0 Å². The summed E-state index contributed by atoms with van der Waals surface area (Å²) >= 11 is 0. The van der Waals surface area contributed by atoms with Crippen molar-refractivity contribution in [2.75, 3.05) is 64.3 Å². The Morgan fingerprint density at radius 2 is 1.93 bits per heavy atom. The third kappa shape index (κ3) is 4.90. The second kappa shape index (κ2) is 10.7. The van der Waals surface area contributed by atoms with Gasteiger partial charge in [0.05, 0.1) is 43.4 Å². The Bertz CT molecular complexity index is 1550. The zero-order chi connectivity index (χ0) is 29.7. The van der Waals surface area contributed by atoms with Crippen molar-refractivity contribution >= 4 is 17.7 Å². The molecule has 12 nitrogen and oxygen atoms in total. The summed E-state index contributed by atoms with van der Waals surface area (Å²) in [7, 11) is 2.09. The van der Waals surface area contributed by atoms with Crippen LogP contribution in [-0.2, 0) is 21.6 Å². The fourth-order valence-corrected chi connectivity index (χ4v) is 6.77. The molecular formula is C30H32FN9O3. The Hall–Kier alpha value is -4.41. The van der Waals surface area contributed by atoms with E-state index < -0.39 is 23.6 Å². The van der Waals surface area contributed by atoms with Gasteiger partial charge in [0.15, 0.2) is 0 Å². The van der Waals surface area contributed by atoms with Crippen molar-refractivity contribution in [2.24, 2.45) is 11.8 Å². The minimum atomic E-state index is -0.732. The van der Waals surface area contributed by atoms with Crippen LogP contribution in [0.4, 0.5) is 14.9 Å². The van der Waals surface area contributed by atoms with Crippen molar-refractivity contribution < 1.29 is 18.7 Å². The number of piperidine rings is 1. The molecule has 0 radical (unpaired) electrons. The monoisotopic (exact) mass is 585 g/mol. The first-order valence-corrected chi connectivity index (χ1v) is 14.5. The standard InChI is InChI=1S/C30H32FN9O3/c1-32-30(24-17-38(18-25(24)30)28(41)19-37-11-9-36(2)10-12-37)27-6-3-20(14-33-27)23-5-4-21(13-26(23)31)40-16-22(43-29(40)42)15-39-8-7-34-35-39/h3-8,13-14,22,24-25H,9-12,15-19H2,2H3/t22-,24-,25+,30?/m0/s1. The van der Waals surface area contributed by atoms with Gasteiger partial charge in [0.2, 0.25) is 5.91 Å². The second-order valence-corrected chi connectivity index (χ2v) is 11.9. The third-order valence-electron chi connectivity index (χ3n) is 9.32. The van der Waals surface area contributed by atoms with Crippen LogP contribution in [0.5, 0.6) is 0 Å². The highest BCUT2D eigenvalue weighted by Gasteiger charge is 2.78. The number of hydrogen-bond acceptors (Lipinski definition) is 8. The first-order valence-electron chi connectivity index (χ1n) is 14.5. The van der Waals surface area contributed by atoms with Crippen LogP contribution in [0.15, 0.2) is 48.9 Å². The van der Waals surface area contributed by atoms with Crippen LogP contribution in [-0.4, -0.2) is 112 Å². The highest BCUT2D eigenvalue weighted by Crippen LogP contribution is 2.64. The molecule has 4 fully saturated rings. The van der Waals surface area contributed by atoms with E-state index in [0.29, 0.717) is 48.7 Å². The van der Waals surface area contributed by atoms with Gasteiger partial charge >= 0.3 is 6.09 Å². The summed E-state index contributed by atoms with van der Waals surface area (Å²) in [5.74, 6) is -0.239. The van der Waals surface area contributed by atoms with E-state index in [1.54, 1.807) is 41.5 Å². The number of carbonyl (C=O) groups is 2. The van der Waals surface area contributed by atoms with E-state index in [2.05, 4.69) is 37.0 Å². The number of hydrogen-bond donors (Lipinski definition) is 0. The molecule has 1 aromatic carbocycles. The Morgan fingerprint density at radius 1 is 1.14 bits per heavy atom. The van der Waals surface area contributed by atoms with Gasteiger partial charge in [-0.15, -0.1) is 5.10 Å². The molecule has 2 amide bonds. The molecule has 1 saturated carbocycles. The molecule has 5 heterocycles. The molecule has 43 heavy (non-hydrogen) atoms. The Balaban J connectivity index is 0.991. The van der Waals surface area contributed by atoms with E-state index in [0.717, 1.165) is 26.2 Å². The minimum absolute atomic E-state index is 0.0596. The molecule has 0 bridgehead atoms. The molecule has 0 N–H and O–H groups in total. The zero-order valence-electron chi connectivity index (χ0n) is 23.8. The predicted molar refractivity (Wildman–Crippen MR) is 153 cm³/mol. The van der Waals surface area contributed by atoms with E-state index in [1.807, 2.05) is 11.0 Å². The van der Waals surface area contributed by atoms with Gasteiger partial charge in [-0.2, -0.15) is 0 Å². The van der Waals surface area contributed by atoms with Gasteiger partial charge in [0, 0.05) is 62.8 Å². The van der Waals surface area contributed by atoms with Gasteiger partial charge in [-0.1, -0.05) is 11.3 Å². The number of carbonyl (C=O) groups excluding carboxylic acids is 2. The quantitative estimate of drug-likeness (QED) is 0.388. The summed E-state index contributed by atoms with van der Waals surface area (Å²) in [5, 5.41) is 7.65. The van der Waals surface area contributed by atoms with Crippen LogP contribution in [0.3, 0.4) is 0 Å². The fourth-order valence-electron chi connectivity index (χ4n) is 6.77. The Kier molecular flexibility index (Phi) is 6.82. The number of ether oxygens (including phenoxy) is 1. The van der Waals surface area contributed by atoms with E-state index in [4.69, 9.17) is 11.3 Å². The maximum atomic E-state index is 15.3. The molecular weight excluding hydrogens is 553 g/mol. The second-order valence-electron chi connectivity index (χ2n) is 11.9. The molecule has 1 unspecified atom stereocenters. The van der Waals surface area contributed by atoms with Crippen molar-refractivity contribution in [3.8, 4) is 11.1 Å². The summed E-state index contributed by atoms with van der Waals surface area (Å²) in [6, 6.07) is 8.23. The van der Waals surface area contributed by atoms with Gasteiger partial charge < -0.3 is 19.4 Å². The Labute approximate surface area is 248 Å². The number of benzene rings is 1. The fraction of sp³-hybridized carbons (Fsp3) is 0.467. The summed E-state index contributed by atoms with van der Waals surface area (Å²) < 4.78 is 22.3. The van der Waals surface area contributed by atoms with Crippen molar-refractivity contribution in [1.82, 2.24) is 34.7 Å². The van der Waals surface area contributed by atoms with Crippen LogP contribution in [0, 0.1) is 24.2 Å². The molecule has 3 aliphatic heterocycles. The molecule has 1 aliphatic carbocycles. The third-order valence-corrected chi connectivity index (χ3v) is 9.32. The number of nitrogens with zero attached hydrogens (tertiary/aromatic N) is 9. The van der Waals surface area contributed by atoms with E-state index in [1.165, 1.54) is 11.0 Å². The van der Waals surface area contributed by atoms with Crippen LogP contribution in [0.25, 0.3) is 16.0 Å². The number of anilines is 1. The van der Waals surface area contributed by atoms with E-state index in [-0.39, 0.29) is 24.3 Å². The topological polar surface area (TPSA) is 104 Å². The maximum Gasteiger partial charge on any atom is 0.414 e. The van der Waals surface area contributed by atoms with E-state index >= 15 is 4.39 Å². The lowest BCUT2D eigenvalue weighted by Crippen LogP contribution is -2.49. The van der Waals surface area contributed by atoms with Gasteiger partial charge in [0.25, 0.3) is 5.54 Å². The van der Waals surface area contributed by atoms with Crippen LogP contribution in [0.1, 0.15) is 5.69 Å². The van der Waals surface area contributed by atoms with Crippen molar-refractivity contribution in [1.29, 1.82) is 0 Å². The maximum absolute atomic E-state index is 15.3. The number of rotatable bonds is 7. The summed E-state index contributed by atoms with van der Waals surface area (Å²) in [6.07, 6.45) is 3.87. The number of fused-ring (bicyclic) bond motifs is 1. The lowest BCUT2D eigenvalue weighted by Gasteiger charge is -2.33. The van der Waals surface area contributed by atoms with Gasteiger partial charge in [0.1, 0.15) is 17.6 Å². The van der Waals surface area contributed by atoms with Gasteiger partial charge in [-0.25, -0.2) is 20.4 Å². The summed E-state index contributed by atoms with van der Waals surface area (Å²) in [5.41, 5.74) is 1.27. The molecule has 4 aliphatic rings. The zero-order valence-corrected chi connectivity index (χ0v) is 23.8. The highest BCUT2D eigenvalue weighted by atomic mass is 19.1. The molecule has 2 aromatic heterocycles. The molecule has 3 aromatic rings. The number of cyclic esters (lactones) is 1. The Morgan fingerprint density at radius 3 is 2.58 bits per heavy atom.